The third-order valence-corrected chi connectivity index (χ3v) is 4.49. The summed E-state index contributed by atoms with van der Waals surface area (Å²) in [5.74, 6) is -0.522. The molecule has 1 fully saturated rings. The maximum Gasteiger partial charge on any atom is 0.407 e. The lowest BCUT2D eigenvalue weighted by Crippen LogP contribution is -2.34. The van der Waals surface area contributed by atoms with Crippen molar-refractivity contribution in [3.63, 3.8) is 0 Å². The van der Waals surface area contributed by atoms with Gasteiger partial charge in [-0.25, -0.2) is 18.4 Å². The smallest absolute Gasteiger partial charge is 0.407 e. The second kappa shape index (κ2) is 10.8. The van der Waals surface area contributed by atoms with E-state index in [1.807, 2.05) is 0 Å². The van der Waals surface area contributed by atoms with Crippen molar-refractivity contribution in [1.82, 2.24) is 10.2 Å². The van der Waals surface area contributed by atoms with Crippen molar-refractivity contribution in [2.75, 3.05) is 51.8 Å². The number of sulfonamides is 1. The van der Waals surface area contributed by atoms with Gasteiger partial charge in [0.05, 0.1) is 32.2 Å². The molecule has 0 spiro atoms. The summed E-state index contributed by atoms with van der Waals surface area (Å²) in [6, 6.07) is 0. The number of nitrogens with zero attached hydrogens (tertiary/aromatic N) is 1. The maximum absolute atomic E-state index is 11.8. The quantitative estimate of drug-likeness (QED) is 0.446. The fraction of sp³-hybridized carbons (Fsp3) is 0.875. The van der Waals surface area contributed by atoms with Crippen LogP contribution in [0.25, 0.3) is 0 Å². The molecule has 0 aliphatic carbocycles. The van der Waals surface area contributed by atoms with E-state index in [1.54, 1.807) is 25.7 Å². The van der Waals surface area contributed by atoms with E-state index < -0.39 is 21.7 Å². The SMILES string of the molecule is CC(C)(C)OC(=O)NCCOCCOCCN1CC(CS(N)(=O)=O)CC1=O. The first-order chi connectivity index (χ1) is 12.5. The van der Waals surface area contributed by atoms with Crippen molar-refractivity contribution in [3.05, 3.63) is 0 Å². The van der Waals surface area contributed by atoms with Crippen LogP contribution in [0, 0.1) is 5.92 Å². The Balaban J connectivity index is 2.00. The summed E-state index contributed by atoms with van der Waals surface area (Å²) in [6.45, 7) is 7.88. The molecule has 0 aromatic rings. The van der Waals surface area contributed by atoms with Gasteiger partial charge in [0.2, 0.25) is 15.9 Å². The van der Waals surface area contributed by atoms with Crippen molar-refractivity contribution >= 4 is 22.0 Å². The molecule has 0 radical (unpaired) electrons. The number of hydrogen-bond acceptors (Lipinski definition) is 7. The standard InChI is InChI=1S/C16H31N3O7S/c1-16(2,3)26-15(21)18-4-6-24-8-9-25-7-5-19-11-13(10-14(19)20)12-27(17,22)23/h13H,4-12H2,1-3H3,(H,18,21)(H2,17,22,23). The summed E-state index contributed by atoms with van der Waals surface area (Å²) in [4.78, 5) is 24.8. The van der Waals surface area contributed by atoms with Crippen LogP contribution in [0.5, 0.6) is 0 Å². The number of nitrogens with one attached hydrogen (secondary N) is 1. The Morgan fingerprint density at radius 1 is 1.22 bits per heavy atom. The van der Waals surface area contributed by atoms with Crippen molar-refractivity contribution in [2.24, 2.45) is 11.1 Å². The van der Waals surface area contributed by atoms with Gasteiger partial charge in [-0.3, -0.25) is 4.79 Å². The number of nitrogens with two attached hydrogens (primary N) is 1. The summed E-state index contributed by atoms with van der Waals surface area (Å²) in [6.07, 6.45) is -0.289. The van der Waals surface area contributed by atoms with Crippen LogP contribution in [0.2, 0.25) is 0 Å². The molecule has 1 saturated heterocycles. The minimum Gasteiger partial charge on any atom is -0.444 e. The molecule has 1 rings (SSSR count). The van der Waals surface area contributed by atoms with Crippen LogP contribution in [0.3, 0.4) is 0 Å². The van der Waals surface area contributed by atoms with Gasteiger partial charge in [-0.05, 0) is 20.8 Å². The van der Waals surface area contributed by atoms with Gasteiger partial charge >= 0.3 is 6.09 Å². The minimum absolute atomic E-state index is 0.0864. The highest BCUT2D eigenvalue weighted by Crippen LogP contribution is 2.18. The van der Waals surface area contributed by atoms with E-state index >= 15 is 0 Å². The molecule has 1 unspecified atom stereocenters. The molecule has 10 nitrogen and oxygen atoms in total. The fourth-order valence-corrected chi connectivity index (χ4v) is 3.43. The highest BCUT2D eigenvalue weighted by atomic mass is 32.2. The summed E-state index contributed by atoms with van der Waals surface area (Å²) in [5, 5.41) is 7.59. The molecule has 1 heterocycles. The summed E-state index contributed by atoms with van der Waals surface area (Å²) in [5.41, 5.74) is -0.534. The lowest BCUT2D eigenvalue weighted by Gasteiger charge is -2.19. The van der Waals surface area contributed by atoms with Gasteiger partial charge in [-0.2, -0.15) is 0 Å². The van der Waals surface area contributed by atoms with Crippen LogP contribution in [-0.2, 0) is 29.0 Å². The molecule has 3 N–H and O–H groups in total. The third kappa shape index (κ3) is 11.8. The van der Waals surface area contributed by atoms with Gasteiger partial charge in [-0.1, -0.05) is 0 Å². The van der Waals surface area contributed by atoms with E-state index in [1.165, 1.54) is 0 Å². The van der Waals surface area contributed by atoms with Gasteiger partial charge in [0, 0.05) is 32.0 Å². The molecule has 0 aromatic heterocycles. The highest BCUT2D eigenvalue weighted by molar-refractivity contribution is 7.89. The Labute approximate surface area is 160 Å². The van der Waals surface area contributed by atoms with Crippen molar-refractivity contribution in [1.29, 1.82) is 0 Å². The summed E-state index contributed by atoms with van der Waals surface area (Å²) in [7, 11) is -3.57. The zero-order chi connectivity index (χ0) is 20.5. The van der Waals surface area contributed by atoms with Gasteiger partial charge in [0.25, 0.3) is 0 Å². The second-order valence-corrected chi connectivity index (χ2v) is 9.05. The van der Waals surface area contributed by atoms with Gasteiger partial charge < -0.3 is 24.4 Å². The monoisotopic (exact) mass is 409 g/mol. The maximum atomic E-state index is 11.8. The van der Waals surface area contributed by atoms with Crippen LogP contribution in [0.1, 0.15) is 27.2 Å². The first-order valence-electron chi connectivity index (χ1n) is 8.87. The van der Waals surface area contributed by atoms with Crippen LogP contribution in [-0.4, -0.2) is 82.7 Å². The predicted octanol–water partition coefficient (Wildman–Crippen LogP) is -0.319. The van der Waals surface area contributed by atoms with Gasteiger partial charge in [-0.15, -0.1) is 0 Å². The molecular formula is C16H31N3O7S. The van der Waals surface area contributed by atoms with E-state index in [2.05, 4.69) is 5.32 Å². The fourth-order valence-electron chi connectivity index (χ4n) is 2.55. The van der Waals surface area contributed by atoms with E-state index in [9.17, 15) is 18.0 Å². The Morgan fingerprint density at radius 2 is 1.85 bits per heavy atom. The molecule has 1 aliphatic heterocycles. The number of amides is 2. The largest absolute Gasteiger partial charge is 0.444 e. The molecule has 2 amide bonds. The molecule has 1 atom stereocenters. The Hall–Kier alpha value is -1.43. The zero-order valence-corrected chi connectivity index (χ0v) is 17.0. The lowest BCUT2D eigenvalue weighted by atomic mass is 10.1. The van der Waals surface area contributed by atoms with Crippen molar-refractivity contribution in [2.45, 2.75) is 32.8 Å². The van der Waals surface area contributed by atoms with E-state index in [-0.39, 0.29) is 24.0 Å². The van der Waals surface area contributed by atoms with Gasteiger partial charge in [0.15, 0.2) is 0 Å². The number of carbonyl (C=O) groups is 2. The van der Waals surface area contributed by atoms with Crippen LogP contribution in [0.4, 0.5) is 4.79 Å². The van der Waals surface area contributed by atoms with Gasteiger partial charge in [0.1, 0.15) is 5.60 Å². The van der Waals surface area contributed by atoms with Crippen molar-refractivity contribution in [3.8, 4) is 0 Å². The predicted molar refractivity (Wildman–Crippen MR) is 98.5 cm³/mol. The van der Waals surface area contributed by atoms with E-state index in [4.69, 9.17) is 19.3 Å². The van der Waals surface area contributed by atoms with E-state index in [0.717, 1.165) is 0 Å². The average molecular weight is 410 g/mol. The number of hydrogen-bond donors (Lipinski definition) is 2. The van der Waals surface area contributed by atoms with Crippen molar-refractivity contribution < 1.29 is 32.2 Å². The zero-order valence-electron chi connectivity index (χ0n) is 16.2. The summed E-state index contributed by atoms with van der Waals surface area (Å²) >= 11 is 0. The van der Waals surface area contributed by atoms with Crippen LogP contribution >= 0.6 is 0 Å². The average Bonchev–Trinajstić information content (AvgIpc) is 2.81. The lowest BCUT2D eigenvalue weighted by molar-refractivity contribution is -0.128. The summed E-state index contributed by atoms with van der Waals surface area (Å²) < 4.78 is 38.0. The molecule has 0 bridgehead atoms. The first-order valence-corrected chi connectivity index (χ1v) is 10.6. The molecule has 11 heteroatoms. The number of rotatable bonds is 11. The number of alkyl carbamates (subject to hydrolysis) is 1. The number of carbonyl (C=O) groups excluding carboxylic acids is 2. The van der Waals surface area contributed by atoms with Crippen LogP contribution in [0.15, 0.2) is 0 Å². The number of likely N-dealkylation sites (tertiary alicyclic amines) is 1. The van der Waals surface area contributed by atoms with Crippen LogP contribution < -0.4 is 10.5 Å². The minimum atomic E-state index is -3.57. The molecule has 27 heavy (non-hydrogen) atoms. The third-order valence-electron chi connectivity index (χ3n) is 3.55. The molecule has 0 saturated carbocycles. The molecule has 0 aromatic carbocycles. The highest BCUT2D eigenvalue weighted by Gasteiger charge is 2.31. The topological polar surface area (TPSA) is 137 Å². The Bertz CT molecular complexity index is 589. The number of ether oxygens (including phenoxy) is 3. The Morgan fingerprint density at radius 3 is 2.44 bits per heavy atom. The molecule has 158 valence electrons. The molecule has 1 aliphatic rings. The second-order valence-electron chi connectivity index (χ2n) is 7.39. The Kier molecular flexibility index (Phi) is 9.43. The molecular weight excluding hydrogens is 378 g/mol. The normalized spacial score (nSPS) is 18.0. The van der Waals surface area contributed by atoms with E-state index in [0.29, 0.717) is 46.1 Å². The first kappa shape index (κ1) is 23.6. The number of primary sulfonamides is 1.